The lowest BCUT2D eigenvalue weighted by Gasteiger charge is -2.41. The van der Waals surface area contributed by atoms with Gasteiger partial charge in [0.15, 0.2) is 0 Å². The molecule has 0 unspecified atom stereocenters. The van der Waals surface area contributed by atoms with Gasteiger partial charge in [0, 0.05) is 0 Å². The van der Waals surface area contributed by atoms with Gasteiger partial charge in [-0.1, -0.05) is 31.5 Å². The Balaban J connectivity index is 2.14. The molecule has 0 heterocycles. The van der Waals surface area contributed by atoms with Gasteiger partial charge >= 0.3 is 0 Å². The van der Waals surface area contributed by atoms with Crippen molar-refractivity contribution in [2.24, 2.45) is 23.0 Å². The predicted molar refractivity (Wildman–Crippen MR) is 89.7 cm³/mol. The number of nitrogens with two attached hydrogens (primary N) is 1. The quantitative estimate of drug-likeness (QED) is 0.875. The molecule has 1 aromatic carbocycles. The fraction of sp³-hybridized carbons (Fsp3) is 0.684. The van der Waals surface area contributed by atoms with Crippen LogP contribution in [0.3, 0.4) is 0 Å². The molecule has 1 aliphatic rings. The van der Waals surface area contributed by atoms with Crippen LogP contribution in [0.15, 0.2) is 18.2 Å². The van der Waals surface area contributed by atoms with Crippen LogP contribution in [-0.2, 0) is 6.42 Å². The Labute approximate surface area is 130 Å². The molecule has 118 valence electrons. The Morgan fingerprint density at radius 2 is 1.95 bits per heavy atom. The minimum absolute atomic E-state index is 0.270. The van der Waals surface area contributed by atoms with E-state index in [0.717, 1.165) is 30.6 Å². The number of rotatable bonds is 5. The molecule has 2 N–H and O–H groups in total. The first kappa shape index (κ1) is 16.4. The highest BCUT2D eigenvalue weighted by Crippen LogP contribution is 2.44. The minimum Gasteiger partial charge on any atom is -0.496 e. The third-order valence-electron chi connectivity index (χ3n) is 5.47. The lowest BCUT2D eigenvalue weighted by Crippen LogP contribution is -2.37. The molecule has 0 radical (unpaired) electrons. The van der Waals surface area contributed by atoms with Gasteiger partial charge < -0.3 is 10.5 Å². The largest absolute Gasteiger partial charge is 0.496 e. The summed E-state index contributed by atoms with van der Waals surface area (Å²) in [5, 5.41) is 0. The van der Waals surface area contributed by atoms with E-state index in [1.807, 2.05) is 0 Å². The van der Waals surface area contributed by atoms with Crippen LogP contribution < -0.4 is 10.5 Å². The third kappa shape index (κ3) is 3.79. The number of ether oxygens (including phenoxy) is 1. The van der Waals surface area contributed by atoms with E-state index in [1.165, 1.54) is 36.8 Å². The van der Waals surface area contributed by atoms with Crippen molar-refractivity contribution < 1.29 is 4.74 Å². The normalized spacial score (nSPS) is 26.1. The first-order chi connectivity index (χ1) is 9.99. The van der Waals surface area contributed by atoms with Crippen LogP contribution in [0.2, 0.25) is 0 Å². The van der Waals surface area contributed by atoms with Gasteiger partial charge in [0.05, 0.1) is 7.11 Å². The van der Waals surface area contributed by atoms with E-state index in [1.54, 1.807) is 7.11 Å². The molecule has 2 heteroatoms. The van der Waals surface area contributed by atoms with Crippen LogP contribution in [0.5, 0.6) is 5.75 Å². The average Bonchev–Trinajstić information content (AvgIpc) is 2.48. The molecule has 0 aliphatic heterocycles. The maximum absolute atomic E-state index is 6.20. The Hall–Kier alpha value is -1.02. The maximum atomic E-state index is 6.20. The SMILES string of the molecule is COc1ccc(C)cc1CC1(CN)CCC(C(C)C)CC1. The second kappa shape index (κ2) is 6.83. The second-order valence-corrected chi connectivity index (χ2v) is 7.28. The van der Waals surface area contributed by atoms with Crippen molar-refractivity contribution in [2.75, 3.05) is 13.7 Å². The fourth-order valence-corrected chi connectivity index (χ4v) is 3.82. The van der Waals surface area contributed by atoms with Gasteiger partial charge in [0.25, 0.3) is 0 Å². The predicted octanol–water partition coefficient (Wildman–Crippen LogP) is 4.34. The monoisotopic (exact) mass is 289 g/mol. The number of hydrogen-bond acceptors (Lipinski definition) is 2. The number of aryl methyl sites for hydroxylation is 1. The van der Waals surface area contributed by atoms with Crippen molar-refractivity contribution in [3.8, 4) is 5.75 Å². The summed E-state index contributed by atoms with van der Waals surface area (Å²) in [6, 6.07) is 6.48. The molecular weight excluding hydrogens is 258 g/mol. The molecule has 1 aromatic rings. The maximum Gasteiger partial charge on any atom is 0.122 e. The number of benzene rings is 1. The minimum atomic E-state index is 0.270. The molecule has 2 rings (SSSR count). The van der Waals surface area contributed by atoms with Crippen LogP contribution in [0.25, 0.3) is 0 Å². The summed E-state index contributed by atoms with van der Waals surface area (Å²) >= 11 is 0. The van der Waals surface area contributed by atoms with Crippen LogP contribution in [0.4, 0.5) is 0 Å². The first-order valence-corrected chi connectivity index (χ1v) is 8.33. The van der Waals surface area contributed by atoms with Crippen molar-refractivity contribution in [3.63, 3.8) is 0 Å². The molecule has 0 atom stereocenters. The van der Waals surface area contributed by atoms with E-state index < -0.39 is 0 Å². The van der Waals surface area contributed by atoms with Gasteiger partial charge in [0.1, 0.15) is 5.75 Å². The second-order valence-electron chi connectivity index (χ2n) is 7.28. The van der Waals surface area contributed by atoms with Crippen LogP contribution in [0.1, 0.15) is 50.7 Å². The lowest BCUT2D eigenvalue weighted by atomic mass is 9.65. The van der Waals surface area contributed by atoms with Crippen molar-refractivity contribution in [3.05, 3.63) is 29.3 Å². The van der Waals surface area contributed by atoms with Gasteiger partial charge in [-0.05, 0) is 74.5 Å². The van der Waals surface area contributed by atoms with Crippen LogP contribution in [0, 0.1) is 24.2 Å². The molecule has 21 heavy (non-hydrogen) atoms. The molecular formula is C19H31NO. The fourth-order valence-electron chi connectivity index (χ4n) is 3.82. The van der Waals surface area contributed by atoms with Gasteiger partial charge in [-0.25, -0.2) is 0 Å². The molecule has 0 aromatic heterocycles. The Morgan fingerprint density at radius 3 is 2.48 bits per heavy atom. The van der Waals surface area contributed by atoms with Gasteiger partial charge in [-0.3, -0.25) is 0 Å². The summed E-state index contributed by atoms with van der Waals surface area (Å²) < 4.78 is 5.55. The van der Waals surface area contributed by atoms with E-state index in [2.05, 4.69) is 39.0 Å². The van der Waals surface area contributed by atoms with Crippen molar-refractivity contribution >= 4 is 0 Å². The Kier molecular flexibility index (Phi) is 5.32. The zero-order chi connectivity index (χ0) is 15.5. The molecule has 0 amide bonds. The topological polar surface area (TPSA) is 35.2 Å². The van der Waals surface area contributed by atoms with E-state index in [0.29, 0.717) is 0 Å². The van der Waals surface area contributed by atoms with E-state index >= 15 is 0 Å². The van der Waals surface area contributed by atoms with Gasteiger partial charge in [-0.2, -0.15) is 0 Å². The van der Waals surface area contributed by atoms with Gasteiger partial charge in [-0.15, -0.1) is 0 Å². The molecule has 0 spiro atoms. The summed E-state index contributed by atoms with van der Waals surface area (Å²) in [6.07, 6.45) is 6.21. The van der Waals surface area contributed by atoms with Crippen molar-refractivity contribution in [1.29, 1.82) is 0 Å². The summed E-state index contributed by atoms with van der Waals surface area (Å²) in [5.74, 6) is 2.69. The highest BCUT2D eigenvalue weighted by Gasteiger charge is 2.35. The Morgan fingerprint density at radius 1 is 1.29 bits per heavy atom. The van der Waals surface area contributed by atoms with Crippen LogP contribution >= 0.6 is 0 Å². The molecule has 2 nitrogen and oxygen atoms in total. The van der Waals surface area contributed by atoms with E-state index in [9.17, 15) is 0 Å². The van der Waals surface area contributed by atoms with Crippen LogP contribution in [-0.4, -0.2) is 13.7 Å². The Bertz CT molecular complexity index is 459. The number of hydrogen-bond donors (Lipinski definition) is 1. The molecule has 1 saturated carbocycles. The average molecular weight is 289 g/mol. The molecule has 0 saturated heterocycles. The standard InChI is InChI=1S/C19H31NO/c1-14(2)16-7-9-19(13-20,10-8-16)12-17-11-15(3)5-6-18(17)21-4/h5-6,11,14,16H,7-10,12-13,20H2,1-4H3. The summed E-state index contributed by atoms with van der Waals surface area (Å²) in [6.45, 7) is 7.63. The van der Waals surface area contributed by atoms with E-state index in [4.69, 9.17) is 10.5 Å². The third-order valence-corrected chi connectivity index (χ3v) is 5.47. The van der Waals surface area contributed by atoms with Crippen molar-refractivity contribution in [1.82, 2.24) is 0 Å². The molecule has 0 bridgehead atoms. The van der Waals surface area contributed by atoms with Gasteiger partial charge in [0.2, 0.25) is 0 Å². The highest BCUT2D eigenvalue weighted by molar-refractivity contribution is 5.37. The number of methoxy groups -OCH3 is 1. The van der Waals surface area contributed by atoms with Crippen molar-refractivity contribution in [2.45, 2.75) is 52.9 Å². The zero-order valence-corrected chi connectivity index (χ0v) is 14.1. The smallest absolute Gasteiger partial charge is 0.122 e. The lowest BCUT2D eigenvalue weighted by molar-refractivity contribution is 0.132. The highest BCUT2D eigenvalue weighted by atomic mass is 16.5. The molecule has 1 aliphatic carbocycles. The van der Waals surface area contributed by atoms with E-state index in [-0.39, 0.29) is 5.41 Å². The zero-order valence-electron chi connectivity index (χ0n) is 14.1. The summed E-state index contributed by atoms with van der Waals surface area (Å²) in [4.78, 5) is 0. The molecule has 1 fully saturated rings. The summed E-state index contributed by atoms with van der Waals surface area (Å²) in [7, 11) is 1.76. The first-order valence-electron chi connectivity index (χ1n) is 8.33. The summed E-state index contributed by atoms with van der Waals surface area (Å²) in [5.41, 5.74) is 9.09.